The lowest BCUT2D eigenvalue weighted by Gasteiger charge is -2.31. The van der Waals surface area contributed by atoms with Crippen LogP contribution in [0.15, 0.2) is 54.7 Å². The van der Waals surface area contributed by atoms with Crippen LogP contribution in [0.4, 0.5) is 17.3 Å². The zero-order chi connectivity index (χ0) is 21.8. The lowest BCUT2D eigenvalue weighted by atomic mass is 9.94. The van der Waals surface area contributed by atoms with Gasteiger partial charge in [0.2, 0.25) is 5.95 Å². The van der Waals surface area contributed by atoms with Gasteiger partial charge in [-0.2, -0.15) is 0 Å². The van der Waals surface area contributed by atoms with E-state index in [1.807, 2.05) is 67.4 Å². The van der Waals surface area contributed by atoms with Crippen molar-refractivity contribution in [1.82, 2.24) is 14.9 Å². The number of hydrogen-bond donors (Lipinski definition) is 2. The molecule has 0 unspecified atom stereocenters. The van der Waals surface area contributed by atoms with E-state index in [1.54, 1.807) is 6.20 Å². The Balaban J connectivity index is 1.47. The summed E-state index contributed by atoms with van der Waals surface area (Å²) in [6.07, 6.45) is 7.62. The normalized spacial score (nSPS) is 14.3. The SMILES string of the molecule is Cc1c(N)cccc1-c1ccnc(Nc2ccc(C(=O)N(C)C3CCCCC3)cc2)n1. The average Bonchev–Trinajstić information content (AvgIpc) is 2.81. The van der Waals surface area contributed by atoms with Gasteiger partial charge < -0.3 is 16.0 Å². The van der Waals surface area contributed by atoms with Crippen molar-refractivity contribution >= 4 is 23.2 Å². The zero-order valence-electron chi connectivity index (χ0n) is 18.1. The van der Waals surface area contributed by atoms with Crippen molar-refractivity contribution in [3.63, 3.8) is 0 Å². The predicted molar refractivity (Wildman–Crippen MR) is 125 cm³/mol. The number of aromatic nitrogens is 2. The molecular formula is C25H29N5O. The number of nitrogens with two attached hydrogens (primary N) is 1. The average molecular weight is 416 g/mol. The monoisotopic (exact) mass is 415 g/mol. The molecule has 6 nitrogen and oxygen atoms in total. The summed E-state index contributed by atoms with van der Waals surface area (Å²) in [6.45, 7) is 1.99. The first-order chi connectivity index (χ1) is 15.0. The summed E-state index contributed by atoms with van der Waals surface area (Å²) in [7, 11) is 1.92. The van der Waals surface area contributed by atoms with Gasteiger partial charge in [-0.15, -0.1) is 0 Å². The van der Waals surface area contributed by atoms with E-state index in [4.69, 9.17) is 5.73 Å². The third kappa shape index (κ3) is 4.68. The Hall–Kier alpha value is -3.41. The Morgan fingerprint density at radius 1 is 1.06 bits per heavy atom. The zero-order valence-corrected chi connectivity index (χ0v) is 18.1. The number of amides is 1. The number of nitrogens with one attached hydrogen (secondary N) is 1. The van der Waals surface area contributed by atoms with Crippen LogP contribution in [0.25, 0.3) is 11.3 Å². The molecule has 2 aromatic carbocycles. The Labute approximate surface area is 183 Å². The first-order valence-electron chi connectivity index (χ1n) is 10.9. The summed E-state index contributed by atoms with van der Waals surface area (Å²) in [6, 6.07) is 15.5. The molecule has 160 valence electrons. The van der Waals surface area contributed by atoms with Gasteiger partial charge in [-0.1, -0.05) is 31.4 Å². The van der Waals surface area contributed by atoms with E-state index in [2.05, 4.69) is 15.3 Å². The van der Waals surface area contributed by atoms with E-state index in [9.17, 15) is 4.79 Å². The van der Waals surface area contributed by atoms with Crippen molar-refractivity contribution in [2.24, 2.45) is 0 Å². The van der Waals surface area contributed by atoms with E-state index in [-0.39, 0.29) is 5.91 Å². The largest absolute Gasteiger partial charge is 0.398 e. The fourth-order valence-electron chi connectivity index (χ4n) is 4.16. The van der Waals surface area contributed by atoms with Crippen molar-refractivity contribution < 1.29 is 4.79 Å². The van der Waals surface area contributed by atoms with E-state index < -0.39 is 0 Å². The summed E-state index contributed by atoms with van der Waals surface area (Å²) in [4.78, 5) is 23.7. The van der Waals surface area contributed by atoms with Crippen LogP contribution in [0.3, 0.4) is 0 Å². The molecule has 0 spiro atoms. The van der Waals surface area contributed by atoms with Crippen LogP contribution in [-0.4, -0.2) is 33.9 Å². The van der Waals surface area contributed by atoms with Gasteiger partial charge in [0.25, 0.3) is 5.91 Å². The van der Waals surface area contributed by atoms with Crippen molar-refractivity contribution in [3.8, 4) is 11.3 Å². The molecule has 0 saturated heterocycles. The summed E-state index contributed by atoms with van der Waals surface area (Å²) in [5.74, 6) is 0.576. The van der Waals surface area contributed by atoms with E-state index in [0.717, 1.165) is 41.0 Å². The Kier molecular flexibility index (Phi) is 6.16. The molecule has 0 atom stereocenters. The number of anilines is 3. The van der Waals surface area contributed by atoms with Gasteiger partial charge in [0.05, 0.1) is 5.69 Å². The molecule has 1 aromatic heterocycles. The van der Waals surface area contributed by atoms with Crippen LogP contribution in [0.1, 0.15) is 48.0 Å². The lowest BCUT2D eigenvalue weighted by molar-refractivity contribution is 0.0696. The smallest absolute Gasteiger partial charge is 0.253 e. The first-order valence-corrected chi connectivity index (χ1v) is 10.9. The Morgan fingerprint density at radius 3 is 2.55 bits per heavy atom. The molecule has 1 aliphatic rings. The van der Waals surface area contributed by atoms with Crippen molar-refractivity contribution in [1.29, 1.82) is 0 Å². The maximum absolute atomic E-state index is 12.8. The second-order valence-corrected chi connectivity index (χ2v) is 8.20. The number of nitrogen functional groups attached to an aromatic ring is 1. The van der Waals surface area contributed by atoms with E-state index in [0.29, 0.717) is 17.6 Å². The van der Waals surface area contributed by atoms with Crippen molar-refractivity contribution in [3.05, 3.63) is 65.9 Å². The summed E-state index contributed by atoms with van der Waals surface area (Å²) in [5, 5.41) is 3.23. The van der Waals surface area contributed by atoms with Crippen LogP contribution < -0.4 is 11.1 Å². The Bertz CT molecular complexity index is 1060. The highest BCUT2D eigenvalue weighted by molar-refractivity contribution is 5.94. The molecule has 3 aromatic rings. The highest BCUT2D eigenvalue weighted by atomic mass is 16.2. The quantitative estimate of drug-likeness (QED) is 0.561. The molecule has 1 heterocycles. The standard InChI is InChI=1S/C25H29N5O/c1-17-21(9-6-10-22(17)26)23-15-16-27-25(29-23)28-19-13-11-18(12-14-19)24(31)30(2)20-7-4-3-5-8-20/h6,9-16,20H,3-5,7-8,26H2,1-2H3,(H,27,28,29). The number of benzene rings is 2. The lowest BCUT2D eigenvalue weighted by Crippen LogP contribution is -2.38. The molecule has 0 aliphatic heterocycles. The maximum Gasteiger partial charge on any atom is 0.253 e. The molecule has 1 saturated carbocycles. The maximum atomic E-state index is 12.8. The number of hydrogen-bond acceptors (Lipinski definition) is 5. The van der Waals surface area contributed by atoms with Crippen LogP contribution in [0, 0.1) is 6.92 Å². The molecule has 3 N–H and O–H groups in total. The minimum atomic E-state index is 0.0776. The first kappa shape index (κ1) is 20.8. The fraction of sp³-hybridized carbons (Fsp3) is 0.320. The summed E-state index contributed by atoms with van der Waals surface area (Å²) >= 11 is 0. The van der Waals surface area contributed by atoms with Gasteiger partial charge in [-0.25, -0.2) is 9.97 Å². The van der Waals surface area contributed by atoms with Crippen LogP contribution in [-0.2, 0) is 0 Å². The number of carbonyl (C=O) groups excluding carboxylic acids is 1. The molecule has 4 rings (SSSR count). The van der Waals surface area contributed by atoms with E-state index in [1.165, 1.54) is 19.3 Å². The van der Waals surface area contributed by atoms with Crippen LogP contribution >= 0.6 is 0 Å². The van der Waals surface area contributed by atoms with Crippen molar-refractivity contribution in [2.45, 2.75) is 45.1 Å². The highest BCUT2D eigenvalue weighted by Crippen LogP contribution is 2.27. The minimum absolute atomic E-state index is 0.0776. The third-order valence-corrected chi connectivity index (χ3v) is 6.14. The van der Waals surface area contributed by atoms with Crippen LogP contribution in [0.5, 0.6) is 0 Å². The van der Waals surface area contributed by atoms with Gasteiger partial charge in [0.15, 0.2) is 0 Å². The second-order valence-electron chi connectivity index (χ2n) is 8.20. The Morgan fingerprint density at radius 2 is 1.81 bits per heavy atom. The molecule has 0 bridgehead atoms. The van der Waals surface area contributed by atoms with Gasteiger partial charge in [-0.05, 0) is 61.7 Å². The van der Waals surface area contributed by atoms with Crippen LogP contribution in [0.2, 0.25) is 0 Å². The molecule has 0 radical (unpaired) electrons. The van der Waals surface area contributed by atoms with Gasteiger partial charge in [0, 0.05) is 41.8 Å². The topological polar surface area (TPSA) is 84.1 Å². The summed E-state index contributed by atoms with van der Waals surface area (Å²) in [5.41, 5.74) is 11.1. The van der Waals surface area contributed by atoms with E-state index >= 15 is 0 Å². The predicted octanol–water partition coefficient (Wildman–Crippen LogP) is 5.18. The number of nitrogens with zero attached hydrogens (tertiary/aromatic N) is 3. The minimum Gasteiger partial charge on any atom is -0.398 e. The number of rotatable bonds is 5. The van der Waals surface area contributed by atoms with Gasteiger partial charge in [0.1, 0.15) is 0 Å². The van der Waals surface area contributed by atoms with Gasteiger partial charge >= 0.3 is 0 Å². The molecular weight excluding hydrogens is 386 g/mol. The summed E-state index contributed by atoms with van der Waals surface area (Å²) < 4.78 is 0. The number of carbonyl (C=O) groups is 1. The molecule has 1 fully saturated rings. The molecule has 1 aliphatic carbocycles. The second kappa shape index (κ2) is 9.16. The van der Waals surface area contributed by atoms with Crippen molar-refractivity contribution in [2.75, 3.05) is 18.1 Å². The molecule has 31 heavy (non-hydrogen) atoms. The van der Waals surface area contributed by atoms with Gasteiger partial charge in [-0.3, -0.25) is 4.79 Å². The molecule has 6 heteroatoms. The fourth-order valence-corrected chi connectivity index (χ4v) is 4.16. The molecule has 1 amide bonds. The third-order valence-electron chi connectivity index (χ3n) is 6.14. The highest BCUT2D eigenvalue weighted by Gasteiger charge is 2.22.